The largest absolute Gasteiger partial charge is 0.392 e. The SMILES string of the molecule is CC.OCc1cccc(-c2cccc(Br)c2)c1. The molecule has 0 fully saturated rings. The zero-order valence-corrected chi connectivity index (χ0v) is 11.7. The minimum Gasteiger partial charge on any atom is -0.392 e. The van der Waals surface area contributed by atoms with E-state index in [-0.39, 0.29) is 6.61 Å². The first-order chi connectivity index (χ1) is 8.29. The third-order valence-corrected chi connectivity index (χ3v) is 2.76. The van der Waals surface area contributed by atoms with Crippen LogP contribution in [-0.4, -0.2) is 5.11 Å². The van der Waals surface area contributed by atoms with Gasteiger partial charge in [0.15, 0.2) is 0 Å². The van der Waals surface area contributed by atoms with Crippen molar-refractivity contribution in [1.29, 1.82) is 0 Å². The van der Waals surface area contributed by atoms with Crippen molar-refractivity contribution < 1.29 is 5.11 Å². The molecule has 1 nitrogen and oxygen atoms in total. The van der Waals surface area contributed by atoms with E-state index in [0.717, 1.165) is 21.2 Å². The second kappa shape index (κ2) is 7.25. The molecule has 0 saturated heterocycles. The lowest BCUT2D eigenvalue weighted by molar-refractivity contribution is 0.282. The van der Waals surface area contributed by atoms with Gasteiger partial charge < -0.3 is 5.11 Å². The Balaban J connectivity index is 0.000000686. The van der Waals surface area contributed by atoms with E-state index in [2.05, 4.69) is 28.1 Å². The van der Waals surface area contributed by atoms with Crippen molar-refractivity contribution in [2.75, 3.05) is 0 Å². The highest BCUT2D eigenvalue weighted by Gasteiger charge is 1.99. The fourth-order valence-corrected chi connectivity index (χ4v) is 1.92. The van der Waals surface area contributed by atoms with E-state index in [4.69, 9.17) is 5.11 Å². The maximum Gasteiger partial charge on any atom is 0.0682 e. The smallest absolute Gasteiger partial charge is 0.0682 e. The van der Waals surface area contributed by atoms with Gasteiger partial charge in [0.25, 0.3) is 0 Å². The van der Waals surface area contributed by atoms with E-state index in [9.17, 15) is 0 Å². The summed E-state index contributed by atoms with van der Waals surface area (Å²) in [6, 6.07) is 16.0. The zero-order valence-electron chi connectivity index (χ0n) is 10.2. The first kappa shape index (κ1) is 13.9. The number of halogens is 1. The highest BCUT2D eigenvalue weighted by molar-refractivity contribution is 9.10. The number of aliphatic hydroxyl groups excluding tert-OH is 1. The molecule has 0 saturated carbocycles. The second-order valence-corrected chi connectivity index (χ2v) is 4.28. The molecule has 2 aromatic carbocycles. The molecule has 2 aromatic rings. The molecule has 0 aliphatic rings. The van der Waals surface area contributed by atoms with Gasteiger partial charge in [-0.05, 0) is 34.9 Å². The Morgan fingerprint density at radius 2 is 1.53 bits per heavy atom. The number of rotatable bonds is 2. The molecule has 0 aromatic heterocycles. The van der Waals surface area contributed by atoms with Crippen LogP contribution in [0.3, 0.4) is 0 Å². The predicted octanol–water partition coefficient (Wildman–Crippen LogP) is 4.63. The molecular weight excluding hydrogens is 276 g/mol. The first-order valence-electron chi connectivity index (χ1n) is 5.75. The van der Waals surface area contributed by atoms with E-state index in [0.29, 0.717) is 0 Å². The highest BCUT2D eigenvalue weighted by atomic mass is 79.9. The highest BCUT2D eigenvalue weighted by Crippen LogP contribution is 2.23. The summed E-state index contributed by atoms with van der Waals surface area (Å²) in [7, 11) is 0. The Morgan fingerprint density at radius 1 is 0.941 bits per heavy atom. The summed E-state index contributed by atoms with van der Waals surface area (Å²) < 4.78 is 1.06. The van der Waals surface area contributed by atoms with Crippen LogP contribution in [0, 0.1) is 0 Å². The Labute approximate surface area is 111 Å². The minimum atomic E-state index is 0.0852. The molecule has 2 rings (SSSR count). The Morgan fingerprint density at radius 3 is 2.12 bits per heavy atom. The third-order valence-electron chi connectivity index (χ3n) is 2.27. The van der Waals surface area contributed by atoms with Crippen LogP contribution in [0.2, 0.25) is 0 Å². The molecule has 0 heterocycles. The lowest BCUT2D eigenvalue weighted by Crippen LogP contribution is -1.84. The maximum absolute atomic E-state index is 9.05. The van der Waals surface area contributed by atoms with Crippen molar-refractivity contribution in [2.45, 2.75) is 20.5 Å². The van der Waals surface area contributed by atoms with Crippen LogP contribution >= 0.6 is 15.9 Å². The lowest BCUT2D eigenvalue weighted by atomic mass is 10.0. The van der Waals surface area contributed by atoms with Crippen molar-refractivity contribution >= 4 is 15.9 Å². The predicted molar refractivity (Wildman–Crippen MR) is 76.8 cm³/mol. The van der Waals surface area contributed by atoms with Crippen LogP contribution in [0.4, 0.5) is 0 Å². The van der Waals surface area contributed by atoms with Gasteiger partial charge in [-0.15, -0.1) is 0 Å². The van der Waals surface area contributed by atoms with Gasteiger partial charge >= 0.3 is 0 Å². The fraction of sp³-hybridized carbons (Fsp3) is 0.200. The molecule has 90 valence electrons. The first-order valence-corrected chi connectivity index (χ1v) is 6.54. The number of hydrogen-bond acceptors (Lipinski definition) is 1. The van der Waals surface area contributed by atoms with Gasteiger partial charge in [-0.1, -0.05) is 60.1 Å². The van der Waals surface area contributed by atoms with Crippen LogP contribution in [0.15, 0.2) is 53.0 Å². The van der Waals surface area contributed by atoms with Crippen LogP contribution < -0.4 is 0 Å². The average Bonchev–Trinajstić information content (AvgIpc) is 2.41. The van der Waals surface area contributed by atoms with Crippen molar-refractivity contribution in [2.24, 2.45) is 0 Å². The summed E-state index contributed by atoms with van der Waals surface area (Å²) in [6.45, 7) is 4.09. The van der Waals surface area contributed by atoms with Crippen LogP contribution in [0.25, 0.3) is 11.1 Å². The number of hydrogen-bond donors (Lipinski definition) is 1. The molecule has 0 amide bonds. The summed E-state index contributed by atoms with van der Waals surface area (Å²) in [5.74, 6) is 0. The van der Waals surface area contributed by atoms with Gasteiger partial charge in [0.2, 0.25) is 0 Å². The van der Waals surface area contributed by atoms with Crippen molar-refractivity contribution in [3.63, 3.8) is 0 Å². The van der Waals surface area contributed by atoms with Gasteiger partial charge in [-0.2, -0.15) is 0 Å². The molecule has 0 bridgehead atoms. The van der Waals surface area contributed by atoms with E-state index >= 15 is 0 Å². The summed E-state index contributed by atoms with van der Waals surface area (Å²) >= 11 is 3.45. The second-order valence-electron chi connectivity index (χ2n) is 3.37. The van der Waals surface area contributed by atoms with E-state index in [1.807, 2.05) is 50.2 Å². The zero-order chi connectivity index (χ0) is 12.7. The summed E-state index contributed by atoms with van der Waals surface area (Å²) in [5.41, 5.74) is 3.22. The van der Waals surface area contributed by atoms with Gasteiger partial charge in [-0.25, -0.2) is 0 Å². The van der Waals surface area contributed by atoms with Crippen LogP contribution in [-0.2, 0) is 6.61 Å². The van der Waals surface area contributed by atoms with Gasteiger partial charge in [0.1, 0.15) is 0 Å². The van der Waals surface area contributed by atoms with E-state index < -0.39 is 0 Å². The monoisotopic (exact) mass is 292 g/mol. The quantitative estimate of drug-likeness (QED) is 0.855. The normalized spacial score (nSPS) is 9.41. The lowest BCUT2D eigenvalue weighted by Gasteiger charge is -2.04. The minimum absolute atomic E-state index is 0.0852. The molecule has 0 radical (unpaired) electrons. The van der Waals surface area contributed by atoms with Crippen molar-refractivity contribution in [1.82, 2.24) is 0 Å². The molecule has 0 atom stereocenters. The van der Waals surface area contributed by atoms with Gasteiger partial charge in [0, 0.05) is 4.47 Å². The molecule has 0 aliphatic carbocycles. The molecule has 1 N–H and O–H groups in total. The van der Waals surface area contributed by atoms with E-state index in [1.165, 1.54) is 0 Å². The molecule has 0 unspecified atom stereocenters. The Hall–Kier alpha value is -1.12. The fourth-order valence-electron chi connectivity index (χ4n) is 1.52. The topological polar surface area (TPSA) is 20.2 Å². The molecular formula is C15H17BrO. The number of aliphatic hydroxyl groups is 1. The van der Waals surface area contributed by atoms with Crippen molar-refractivity contribution in [3.8, 4) is 11.1 Å². The van der Waals surface area contributed by atoms with Gasteiger partial charge in [0.05, 0.1) is 6.61 Å². The average molecular weight is 293 g/mol. The maximum atomic E-state index is 9.05. The van der Waals surface area contributed by atoms with Crippen LogP contribution in [0.5, 0.6) is 0 Å². The molecule has 0 aliphatic heterocycles. The Kier molecular flexibility index (Phi) is 5.95. The van der Waals surface area contributed by atoms with Crippen molar-refractivity contribution in [3.05, 3.63) is 58.6 Å². The molecule has 17 heavy (non-hydrogen) atoms. The summed E-state index contributed by atoms with van der Waals surface area (Å²) in [5, 5.41) is 9.05. The number of benzene rings is 2. The Bertz CT molecular complexity index is 466. The van der Waals surface area contributed by atoms with Crippen LogP contribution in [0.1, 0.15) is 19.4 Å². The standard InChI is InChI=1S/C13H11BrO.C2H6/c14-13-6-2-5-12(8-13)11-4-1-3-10(7-11)9-15;1-2/h1-8,15H,9H2;1-2H3. The summed E-state index contributed by atoms with van der Waals surface area (Å²) in [4.78, 5) is 0. The molecule has 0 spiro atoms. The summed E-state index contributed by atoms with van der Waals surface area (Å²) in [6.07, 6.45) is 0. The third kappa shape index (κ3) is 3.99. The van der Waals surface area contributed by atoms with Gasteiger partial charge in [-0.3, -0.25) is 0 Å². The van der Waals surface area contributed by atoms with E-state index in [1.54, 1.807) is 0 Å². The molecule has 2 heteroatoms.